The molecule has 1 saturated carbocycles. The summed E-state index contributed by atoms with van der Waals surface area (Å²) in [5.74, 6) is 0.125. The fraction of sp³-hybridized carbons (Fsp3) is 0.533. The number of hydrogen-bond donors (Lipinski definition) is 2. The van der Waals surface area contributed by atoms with Gasteiger partial charge in [-0.1, -0.05) is 24.3 Å². The number of amides is 1. The third-order valence-electron chi connectivity index (χ3n) is 3.49. The summed E-state index contributed by atoms with van der Waals surface area (Å²) in [6.45, 7) is 2.64. The molecule has 2 rings (SSSR count). The molecule has 1 fully saturated rings. The molecule has 0 aliphatic heterocycles. The lowest BCUT2D eigenvalue weighted by molar-refractivity contribution is -0.120. The van der Waals surface area contributed by atoms with Crippen LogP contribution >= 0.6 is 0 Å². The van der Waals surface area contributed by atoms with E-state index in [1.165, 1.54) is 11.1 Å². The Morgan fingerprint density at radius 3 is 2.44 bits per heavy atom. The van der Waals surface area contributed by atoms with Crippen molar-refractivity contribution in [3.8, 4) is 0 Å². The van der Waals surface area contributed by atoms with Crippen molar-refractivity contribution >= 4 is 5.91 Å². The summed E-state index contributed by atoms with van der Waals surface area (Å²) in [6.07, 6.45) is 4.63. The molecule has 3 heteroatoms. The minimum absolute atomic E-state index is 0.0720. The number of benzene rings is 1. The van der Waals surface area contributed by atoms with Gasteiger partial charge in [0, 0.05) is 18.5 Å². The van der Waals surface area contributed by atoms with Crippen molar-refractivity contribution in [2.75, 3.05) is 6.54 Å². The van der Waals surface area contributed by atoms with E-state index in [0.717, 1.165) is 25.7 Å². The molecule has 1 aromatic rings. The van der Waals surface area contributed by atoms with Gasteiger partial charge in [-0.15, -0.1) is 0 Å². The molecule has 0 atom stereocenters. The van der Waals surface area contributed by atoms with Crippen molar-refractivity contribution in [3.05, 3.63) is 35.4 Å². The third kappa shape index (κ3) is 3.84. The molecular weight excluding hydrogens is 224 g/mol. The molecule has 98 valence electrons. The van der Waals surface area contributed by atoms with Crippen molar-refractivity contribution in [2.24, 2.45) is 5.73 Å². The number of nitrogens with one attached hydrogen (secondary N) is 1. The Hall–Kier alpha value is -1.35. The third-order valence-corrected chi connectivity index (χ3v) is 3.49. The van der Waals surface area contributed by atoms with Crippen LogP contribution in [-0.2, 0) is 17.6 Å². The average molecular weight is 246 g/mol. The second-order valence-corrected chi connectivity index (χ2v) is 5.31. The van der Waals surface area contributed by atoms with Gasteiger partial charge >= 0.3 is 0 Å². The zero-order chi connectivity index (χ0) is 13.0. The van der Waals surface area contributed by atoms with Gasteiger partial charge in [-0.05, 0) is 43.7 Å². The van der Waals surface area contributed by atoms with Crippen molar-refractivity contribution in [3.63, 3.8) is 0 Å². The van der Waals surface area contributed by atoms with Gasteiger partial charge in [0.25, 0.3) is 0 Å². The van der Waals surface area contributed by atoms with Crippen LogP contribution in [0.2, 0.25) is 0 Å². The summed E-state index contributed by atoms with van der Waals surface area (Å²) in [6, 6.07) is 8.50. The van der Waals surface area contributed by atoms with Crippen molar-refractivity contribution in [2.45, 2.75) is 44.6 Å². The molecule has 1 aliphatic rings. The lowest BCUT2D eigenvalue weighted by Crippen LogP contribution is -2.24. The number of aryl methyl sites for hydroxylation is 1. The van der Waals surface area contributed by atoms with Gasteiger partial charge < -0.3 is 11.1 Å². The lowest BCUT2D eigenvalue weighted by atomic mass is 10.0. The minimum atomic E-state index is 0.0720. The van der Waals surface area contributed by atoms with Crippen molar-refractivity contribution in [1.29, 1.82) is 0 Å². The number of carbonyl (C=O) groups is 1. The highest BCUT2D eigenvalue weighted by molar-refractivity contribution is 5.76. The van der Waals surface area contributed by atoms with Crippen molar-refractivity contribution < 1.29 is 4.79 Å². The number of hydrogen-bond acceptors (Lipinski definition) is 2. The van der Waals surface area contributed by atoms with E-state index in [9.17, 15) is 4.79 Å². The Morgan fingerprint density at radius 2 is 1.89 bits per heavy atom. The predicted octanol–water partition coefficient (Wildman–Crippen LogP) is 1.79. The van der Waals surface area contributed by atoms with Gasteiger partial charge in [0.2, 0.25) is 5.91 Å². The fourth-order valence-electron chi connectivity index (χ4n) is 2.11. The molecule has 1 aliphatic carbocycles. The largest absolute Gasteiger partial charge is 0.356 e. The Labute approximate surface area is 109 Å². The average Bonchev–Trinajstić information content (AvgIpc) is 3.06. The SMILES string of the molecule is CCNC(=O)CCc1ccc(CC2(N)CC2)cc1. The zero-order valence-electron chi connectivity index (χ0n) is 11.0. The summed E-state index contributed by atoms with van der Waals surface area (Å²) in [5.41, 5.74) is 8.68. The van der Waals surface area contributed by atoms with Gasteiger partial charge in [0.1, 0.15) is 0 Å². The predicted molar refractivity (Wildman–Crippen MR) is 73.3 cm³/mol. The maximum absolute atomic E-state index is 11.4. The van der Waals surface area contributed by atoms with Crippen LogP contribution in [0.15, 0.2) is 24.3 Å². The van der Waals surface area contributed by atoms with Gasteiger partial charge in [0.15, 0.2) is 0 Å². The smallest absolute Gasteiger partial charge is 0.220 e. The molecule has 0 bridgehead atoms. The summed E-state index contributed by atoms with van der Waals surface area (Å²) >= 11 is 0. The van der Waals surface area contributed by atoms with Crippen LogP contribution in [0.1, 0.15) is 37.3 Å². The van der Waals surface area contributed by atoms with Crippen LogP contribution in [0.3, 0.4) is 0 Å². The first-order chi connectivity index (χ1) is 8.61. The molecule has 0 aromatic heterocycles. The normalized spacial score (nSPS) is 16.3. The maximum Gasteiger partial charge on any atom is 0.220 e. The summed E-state index contributed by atoms with van der Waals surface area (Å²) < 4.78 is 0. The molecule has 0 unspecified atom stereocenters. The number of carbonyl (C=O) groups excluding carboxylic acids is 1. The molecular formula is C15H22N2O. The molecule has 18 heavy (non-hydrogen) atoms. The molecule has 3 N–H and O–H groups in total. The van der Waals surface area contributed by atoms with E-state index in [1.54, 1.807) is 0 Å². The highest BCUT2D eigenvalue weighted by Crippen LogP contribution is 2.35. The summed E-state index contributed by atoms with van der Waals surface area (Å²) in [5, 5.41) is 2.81. The highest BCUT2D eigenvalue weighted by Gasteiger charge is 2.37. The topological polar surface area (TPSA) is 55.1 Å². The van der Waals surface area contributed by atoms with Gasteiger partial charge in [0.05, 0.1) is 0 Å². The first kappa shape index (κ1) is 13.1. The molecule has 0 saturated heterocycles. The van der Waals surface area contributed by atoms with E-state index >= 15 is 0 Å². The Morgan fingerprint density at radius 1 is 1.28 bits per heavy atom. The molecule has 1 aromatic carbocycles. The standard InChI is InChI=1S/C15H22N2O/c1-2-17-14(18)8-7-12-3-5-13(6-4-12)11-15(16)9-10-15/h3-6H,2,7-11,16H2,1H3,(H,17,18). The van der Waals surface area contributed by atoms with E-state index < -0.39 is 0 Å². The molecule has 0 heterocycles. The Bertz CT molecular complexity index is 407. The molecule has 3 nitrogen and oxygen atoms in total. The number of rotatable bonds is 6. The van der Waals surface area contributed by atoms with Crippen LogP contribution in [-0.4, -0.2) is 18.0 Å². The van der Waals surface area contributed by atoms with E-state index in [4.69, 9.17) is 5.73 Å². The van der Waals surface area contributed by atoms with Crippen LogP contribution < -0.4 is 11.1 Å². The zero-order valence-corrected chi connectivity index (χ0v) is 11.0. The first-order valence-electron chi connectivity index (χ1n) is 6.75. The molecule has 1 amide bonds. The van der Waals surface area contributed by atoms with Gasteiger partial charge in [-0.25, -0.2) is 0 Å². The van der Waals surface area contributed by atoms with Gasteiger partial charge in [-0.2, -0.15) is 0 Å². The first-order valence-corrected chi connectivity index (χ1v) is 6.75. The summed E-state index contributed by atoms with van der Waals surface area (Å²) in [7, 11) is 0. The highest BCUT2D eigenvalue weighted by atomic mass is 16.1. The van der Waals surface area contributed by atoms with E-state index in [1.807, 2.05) is 6.92 Å². The Balaban J connectivity index is 1.82. The monoisotopic (exact) mass is 246 g/mol. The van der Waals surface area contributed by atoms with Crippen LogP contribution in [0.5, 0.6) is 0 Å². The van der Waals surface area contributed by atoms with Crippen LogP contribution in [0.25, 0.3) is 0 Å². The lowest BCUT2D eigenvalue weighted by Gasteiger charge is -2.09. The summed E-state index contributed by atoms with van der Waals surface area (Å²) in [4.78, 5) is 11.4. The minimum Gasteiger partial charge on any atom is -0.356 e. The second-order valence-electron chi connectivity index (χ2n) is 5.31. The maximum atomic E-state index is 11.4. The Kier molecular flexibility index (Phi) is 4.02. The van der Waals surface area contributed by atoms with Crippen molar-refractivity contribution in [1.82, 2.24) is 5.32 Å². The van der Waals surface area contributed by atoms with Gasteiger partial charge in [-0.3, -0.25) is 4.79 Å². The molecule has 0 radical (unpaired) electrons. The van der Waals surface area contributed by atoms with E-state index in [2.05, 4.69) is 29.6 Å². The van der Waals surface area contributed by atoms with E-state index in [0.29, 0.717) is 13.0 Å². The molecule has 0 spiro atoms. The van der Waals surface area contributed by atoms with Crippen LogP contribution in [0.4, 0.5) is 0 Å². The second kappa shape index (κ2) is 5.53. The fourth-order valence-corrected chi connectivity index (χ4v) is 2.11. The van der Waals surface area contributed by atoms with E-state index in [-0.39, 0.29) is 11.4 Å². The van der Waals surface area contributed by atoms with Crippen LogP contribution in [0, 0.1) is 0 Å². The number of nitrogens with two attached hydrogens (primary N) is 1. The quantitative estimate of drug-likeness (QED) is 0.804.